The molecule has 0 bridgehead atoms. The molecule has 1 N–H and O–H groups in total. The van der Waals surface area contributed by atoms with Crippen molar-refractivity contribution in [3.05, 3.63) is 89.5 Å². The molecule has 1 aliphatic heterocycles. The molecule has 1 aliphatic rings. The molecule has 3 aromatic rings. The van der Waals surface area contributed by atoms with Gasteiger partial charge in [0, 0.05) is 12.1 Å². The molecule has 0 saturated carbocycles. The number of sulfonamides is 2. The third-order valence-corrected chi connectivity index (χ3v) is 7.94. The largest absolute Gasteiger partial charge is 0.497 e. The number of benzene rings is 3. The third-order valence-electron chi connectivity index (χ3n) is 5.49. The van der Waals surface area contributed by atoms with Gasteiger partial charge in [0.05, 0.1) is 30.0 Å². The van der Waals surface area contributed by atoms with Gasteiger partial charge in [-0.3, -0.25) is 4.72 Å². The number of rotatable bonds is 7. The van der Waals surface area contributed by atoms with Crippen molar-refractivity contribution in [3.8, 4) is 5.75 Å². The Labute approximate surface area is 200 Å². The molecule has 8 nitrogen and oxygen atoms in total. The van der Waals surface area contributed by atoms with E-state index >= 15 is 0 Å². The predicted octanol–water partition coefficient (Wildman–Crippen LogP) is 3.92. The number of ether oxygens (including phenoxy) is 1. The SMILES string of the molecule is COc1ccc([C@@H]2CC(c3cccc(NS(C)(=O)=O)c3)=NN2S(=O)(=O)c2ccccc2C)cc1. The molecule has 0 amide bonds. The molecule has 178 valence electrons. The molecule has 34 heavy (non-hydrogen) atoms. The molecule has 0 spiro atoms. The first kappa shape index (κ1) is 23.8. The summed E-state index contributed by atoms with van der Waals surface area (Å²) in [5.74, 6) is 0.663. The summed E-state index contributed by atoms with van der Waals surface area (Å²) in [6, 6.07) is 20.2. The van der Waals surface area contributed by atoms with E-state index in [9.17, 15) is 16.8 Å². The first-order valence-electron chi connectivity index (χ1n) is 10.5. The molecule has 0 aromatic heterocycles. The Hall–Kier alpha value is -3.37. The van der Waals surface area contributed by atoms with Crippen LogP contribution in [0.4, 0.5) is 5.69 Å². The molecule has 0 fully saturated rings. The van der Waals surface area contributed by atoms with Crippen molar-refractivity contribution in [1.82, 2.24) is 4.41 Å². The van der Waals surface area contributed by atoms with Crippen LogP contribution >= 0.6 is 0 Å². The Bertz CT molecular complexity index is 1450. The third kappa shape index (κ3) is 4.92. The maximum Gasteiger partial charge on any atom is 0.279 e. The number of hydrogen-bond acceptors (Lipinski definition) is 6. The van der Waals surface area contributed by atoms with Gasteiger partial charge < -0.3 is 4.74 Å². The Kier molecular flexibility index (Phi) is 6.37. The van der Waals surface area contributed by atoms with Gasteiger partial charge in [-0.25, -0.2) is 8.42 Å². The second-order valence-corrected chi connectivity index (χ2v) is 11.6. The molecule has 0 radical (unpaired) electrons. The number of hydrogen-bond donors (Lipinski definition) is 1. The number of hydrazone groups is 1. The van der Waals surface area contributed by atoms with Crippen LogP contribution in [0.5, 0.6) is 5.75 Å². The molecule has 4 rings (SSSR count). The van der Waals surface area contributed by atoms with E-state index in [1.807, 2.05) is 12.1 Å². The van der Waals surface area contributed by atoms with Crippen LogP contribution in [-0.2, 0) is 20.0 Å². The van der Waals surface area contributed by atoms with E-state index in [1.54, 1.807) is 74.7 Å². The van der Waals surface area contributed by atoms with Gasteiger partial charge >= 0.3 is 0 Å². The quantitative estimate of drug-likeness (QED) is 0.531. The lowest BCUT2D eigenvalue weighted by Crippen LogP contribution is -2.27. The van der Waals surface area contributed by atoms with Crippen LogP contribution < -0.4 is 9.46 Å². The Morgan fingerprint density at radius 2 is 1.68 bits per heavy atom. The molecule has 1 atom stereocenters. The van der Waals surface area contributed by atoms with E-state index in [4.69, 9.17) is 4.74 Å². The summed E-state index contributed by atoms with van der Waals surface area (Å²) in [5, 5.41) is 4.54. The normalized spacial score (nSPS) is 16.3. The smallest absolute Gasteiger partial charge is 0.279 e. The zero-order chi connectivity index (χ0) is 24.5. The zero-order valence-corrected chi connectivity index (χ0v) is 20.6. The maximum atomic E-state index is 13.7. The average Bonchev–Trinajstić information content (AvgIpc) is 3.25. The van der Waals surface area contributed by atoms with Crippen LogP contribution in [0.1, 0.15) is 29.2 Å². The van der Waals surface area contributed by atoms with Gasteiger partial charge in [0.2, 0.25) is 10.0 Å². The lowest BCUT2D eigenvalue weighted by atomic mass is 9.99. The summed E-state index contributed by atoms with van der Waals surface area (Å²) in [6.45, 7) is 1.75. The zero-order valence-electron chi connectivity index (χ0n) is 19.0. The second-order valence-electron chi connectivity index (χ2n) is 8.04. The van der Waals surface area contributed by atoms with E-state index < -0.39 is 26.1 Å². The van der Waals surface area contributed by atoms with Gasteiger partial charge in [0.15, 0.2) is 0 Å². The lowest BCUT2D eigenvalue weighted by Gasteiger charge is -2.24. The van der Waals surface area contributed by atoms with Crippen LogP contribution in [0.2, 0.25) is 0 Å². The monoisotopic (exact) mass is 499 g/mol. The first-order valence-corrected chi connectivity index (χ1v) is 13.8. The van der Waals surface area contributed by atoms with Crippen molar-refractivity contribution >= 4 is 31.4 Å². The summed E-state index contributed by atoms with van der Waals surface area (Å²) < 4.78 is 59.5. The van der Waals surface area contributed by atoms with Crippen molar-refractivity contribution in [2.24, 2.45) is 5.10 Å². The first-order chi connectivity index (χ1) is 16.1. The summed E-state index contributed by atoms with van der Waals surface area (Å²) in [6.07, 6.45) is 1.39. The van der Waals surface area contributed by atoms with Gasteiger partial charge in [-0.2, -0.15) is 17.9 Å². The fraction of sp³-hybridized carbons (Fsp3) is 0.208. The molecular weight excluding hydrogens is 474 g/mol. The summed E-state index contributed by atoms with van der Waals surface area (Å²) in [5.41, 5.74) is 2.94. The molecule has 0 saturated heterocycles. The van der Waals surface area contributed by atoms with E-state index in [2.05, 4.69) is 9.82 Å². The number of methoxy groups -OCH3 is 1. The van der Waals surface area contributed by atoms with E-state index in [0.717, 1.165) is 16.2 Å². The Morgan fingerprint density at radius 3 is 2.32 bits per heavy atom. The summed E-state index contributed by atoms with van der Waals surface area (Å²) in [4.78, 5) is 0.186. The van der Waals surface area contributed by atoms with Crippen LogP contribution in [0.25, 0.3) is 0 Å². The Morgan fingerprint density at radius 1 is 0.971 bits per heavy atom. The van der Waals surface area contributed by atoms with Gasteiger partial charge in [-0.1, -0.05) is 42.5 Å². The van der Waals surface area contributed by atoms with Crippen molar-refractivity contribution in [1.29, 1.82) is 0 Å². The number of nitrogens with zero attached hydrogens (tertiary/aromatic N) is 2. The number of aryl methyl sites for hydroxylation is 1. The maximum absolute atomic E-state index is 13.7. The predicted molar refractivity (Wildman–Crippen MR) is 132 cm³/mol. The minimum atomic E-state index is -3.96. The molecule has 0 aliphatic carbocycles. The Balaban J connectivity index is 1.79. The van der Waals surface area contributed by atoms with Gasteiger partial charge in [0.1, 0.15) is 5.75 Å². The lowest BCUT2D eigenvalue weighted by molar-refractivity contribution is 0.370. The molecule has 0 unspecified atom stereocenters. The molecule has 3 aromatic carbocycles. The van der Waals surface area contributed by atoms with Crippen LogP contribution in [-0.4, -0.2) is 40.3 Å². The van der Waals surface area contributed by atoms with Crippen LogP contribution in [0.3, 0.4) is 0 Å². The van der Waals surface area contributed by atoms with Gasteiger partial charge in [-0.05, 0) is 53.9 Å². The van der Waals surface area contributed by atoms with Gasteiger partial charge in [0.25, 0.3) is 10.0 Å². The van der Waals surface area contributed by atoms with Gasteiger partial charge in [-0.15, -0.1) is 0 Å². The minimum Gasteiger partial charge on any atom is -0.497 e. The number of anilines is 1. The number of nitrogens with one attached hydrogen (secondary N) is 1. The van der Waals surface area contributed by atoms with Crippen molar-refractivity contribution in [3.63, 3.8) is 0 Å². The highest BCUT2D eigenvalue weighted by Crippen LogP contribution is 2.38. The average molecular weight is 500 g/mol. The summed E-state index contributed by atoms with van der Waals surface area (Å²) in [7, 11) is -5.85. The second kappa shape index (κ2) is 9.11. The van der Waals surface area contributed by atoms with Crippen molar-refractivity contribution < 1.29 is 21.6 Å². The molecular formula is C24H25N3O5S2. The van der Waals surface area contributed by atoms with Crippen molar-refractivity contribution in [2.75, 3.05) is 18.1 Å². The minimum absolute atomic E-state index is 0.186. The summed E-state index contributed by atoms with van der Waals surface area (Å²) >= 11 is 0. The highest BCUT2D eigenvalue weighted by molar-refractivity contribution is 7.92. The van der Waals surface area contributed by atoms with Crippen molar-refractivity contribution in [2.45, 2.75) is 24.3 Å². The fourth-order valence-corrected chi connectivity index (χ4v) is 6.10. The standard InChI is InChI=1S/C24H25N3O5S2/c1-17-7-4-5-10-24(17)34(30,31)27-23(18-11-13-21(32-2)14-12-18)16-22(25-27)19-8-6-9-20(15-19)26-33(3,28)29/h4-15,23,26H,16H2,1-3H3/t23-/m0/s1. The van der Waals surface area contributed by atoms with E-state index in [-0.39, 0.29) is 4.90 Å². The molecule has 1 heterocycles. The van der Waals surface area contributed by atoms with E-state index in [0.29, 0.717) is 34.7 Å². The fourth-order valence-electron chi connectivity index (χ4n) is 3.88. The molecule has 10 heteroatoms. The van der Waals surface area contributed by atoms with Crippen LogP contribution in [0.15, 0.2) is 82.8 Å². The highest BCUT2D eigenvalue weighted by Gasteiger charge is 2.38. The van der Waals surface area contributed by atoms with Crippen LogP contribution in [0, 0.1) is 6.92 Å². The highest BCUT2D eigenvalue weighted by atomic mass is 32.2. The van der Waals surface area contributed by atoms with E-state index in [1.165, 1.54) is 0 Å². The topological polar surface area (TPSA) is 105 Å².